The summed E-state index contributed by atoms with van der Waals surface area (Å²) in [5, 5.41) is 9.11. The van der Waals surface area contributed by atoms with Gasteiger partial charge in [0.1, 0.15) is 10.1 Å². The molecule has 1 heterocycles. The lowest BCUT2D eigenvalue weighted by atomic mass is 10.2. The number of aromatic hydroxyl groups is 1. The second-order valence-electron chi connectivity index (χ2n) is 3.20. The lowest BCUT2D eigenvalue weighted by molar-refractivity contribution is -0.124. The summed E-state index contributed by atoms with van der Waals surface area (Å²) in [4.78, 5) is 13.0. The molecule has 1 saturated heterocycles. The van der Waals surface area contributed by atoms with Gasteiger partial charge in [0.2, 0.25) is 5.91 Å². The third-order valence-electron chi connectivity index (χ3n) is 2.12. The van der Waals surface area contributed by atoms with Gasteiger partial charge in [0.15, 0.2) is 0 Å². The highest BCUT2D eigenvalue weighted by molar-refractivity contribution is 8.23. The molecule has 1 aromatic carbocycles. The number of thioether (sulfide) groups is 1. The van der Waals surface area contributed by atoms with Crippen molar-refractivity contribution in [1.82, 2.24) is 4.90 Å². The molecular formula is C10H9NO2S2. The molecule has 5 heteroatoms. The minimum absolute atomic E-state index is 0.0538. The fraction of sp³-hybridized carbons (Fsp3) is 0.200. The van der Waals surface area contributed by atoms with Gasteiger partial charge in [-0.05, 0) is 17.7 Å². The molecule has 0 bridgehead atoms. The van der Waals surface area contributed by atoms with Gasteiger partial charge in [-0.15, -0.1) is 0 Å². The van der Waals surface area contributed by atoms with Crippen LogP contribution in [0.3, 0.4) is 0 Å². The zero-order chi connectivity index (χ0) is 10.8. The second kappa shape index (κ2) is 4.20. The van der Waals surface area contributed by atoms with Crippen LogP contribution in [0, 0.1) is 0 Å². The van der Waals surface area contributed by atoms with Crippen LogP contribution in [0.2, 0.25) is 0 Å². The van der Waals surface area contributed by atoms with E-state index in [9.17, 15) is 4.79 Å². The molecule has 78 valence electrons. The molecule has 0 saturated carbocycles. The predicted molar refractivity (Wildman–Crippen MR) is 63.7 cm³/mol. The van der Waals surface area contributed by atoms with Gasteiger partial charge in [0, 0.05) is 0 Å². The number of hydrogen-bond donors (Lipinski definition) is 1. The molecule has 1 aromatic rings. The molecule has 0 unspecified atom stereocenters. The highest BCUT2D eigenvalue weighted by atomic mass is 32.2. The van der Waals surface area contributed by atoms with Gasteiger partial charge in [-0.1, -0.05) is 36.1 Å². The Labute approximate surface area is 97.1 Å². The Kier molecular flexibility index (Phi) is 2.93. The Morgan fingerprint density at radius 3 is 2.60 bits per heavy atom. The van der Waals surface area contributed by atoms with Crippen molar-refractivity contribution in [2.75, 3.05) is 5.75 Å². The van der Waals surface area contributed by atoms with E-state index in [2.05, 4.69) is 0 Å². The van der Waals surface area contributed by atoms with E-state index in [4.69, 9.17) is 17.3 Å². The molecule has 2 rings (SSSR count). The number of nitrogens with zero attached hydrogens (tertiary/aromatic N) is 1. The van der Waals surface area contributed by atoms with Crippen molar-refractivity contribution < 1.29 is 9.90 Å². The van der Waals surface area contributed by atoms with E-state index >= 15 is 0 Å². The normalized spacial score (nSPS) is 16.1. The van der Waals surface area contributed by atoms with Crippen molar-refractivity contribution in [1.29, 1.82) is 0 Å². The molecular weight excluding hydrogens is 230 g/mol. The monoisotopic (exact) mass is 239 g/mol. The predicted octanol–water partition coefficient (Wildman–Crippen LogP) is 1.75. The first-order chi connectivity index (χ1) is 7.16. The quantitative estimate of drug-likeness (QED) is 0.798. The van der Waals surface area contributed by atoms with E-state index in [0.717, 1.165) is 5.56 Å². The van der Waals surface area contributed by atoms with Crippen molar-refractivity contribution in [3.05, 3.63) is 29.8 Å². The van der Waals surface area contributed by atoms with Gasteiger partial charge in [-0.2, -0.15) is 0 Å². The first kappa shape index (κ1) is 10.4. The summed E-state index contributed by atoms with van der Waals surface area (Å²) in [6, 6.07) is 6.78. The third-order valence-corrected chi connectivity index (χ3v) is 3.55. The number of rotatable bonds is 2. The van der Waals surface area contributed by atoms with Gasteiger partial charge < -0.3 is 5.11 Å². The van der Waals surface area contributed by atoms with Crippen LogP contribution in [0.4, 0.5) is 0 Å². The Bertz CT molecular complexity index is 386. The molecule has 3 nitrogen and oxygen atoms in total. The Morgan fingerprint density at radius 1 is 1.40 bits per heavy atom. The summed E-state index contributed by atoms with van der Waals surface area (Å²) >= 11 is 6.46. The lowest BCUT2D eigenvalue weighted by Gasteiger charge is -2.14. The Morgan fingerprint density at radius 2 is 2.07 bits per heavy atom. The summed E-state index contributed by atoms with van der Waals surface area (Å²) < 4.78 is 0.632. The van der Waals surface area contributed by atoms with Gasteiger partial charge >= 0.3 is 0 Å². The van der Waals surface area contributed by atoms with Crippen LogP contribution in [0.15, 0.2) is 24.3 Å². The average molecular weight is 239 g/mol. The van der Waals surface area contributed by atoms with E-state index in [1.165, 1.54) is 11.8 Å². The van der Waals surface area contributed by atoms with E-state index < -0.39 is 0 Å². The van der Waals surface area contributed by atoms with Gasteiger partial charge in [-0.3, -0.25) is 9.69 Å². The van der Waals surface area contributed by atoms with Crippen LogP contribution >= 0.6 is 24.0 Å². The molecule has 1 N–H and O–H groups in total. The number of carbonyl (C=O) groups excluding carboxylic acids is 1. The minimum Gasteiger partial charge on any atom is -0.508 e. The van der Waals surface area contributed by atoms with Crippen molar-refractivity contribution in [2.45, 2.75) is 6.54 Å². The smallest absolute Gasteiger partial charge is 0.238 e. The summed E-state index contributed by atoms with van der Waals surface area (Å²) in [6.45, 7) is 0.491. The SMILES string of the molecule is O=C1CSC(=S)N1Cc1ccc(O)cc1. The van der Waals surface area contributed by atoms with Crippen molar-refractivity contribution in [2.24, 2.45) is 0 Å². The third kappa shape index (κ3) is 2.30. The Hall–Kier alpha value is -1.07. The van der Waals surface area contributed by atoms with Crippen molar-refractivity contribution in [3.63, 3.8) is 0 Å². The fourth-order valence-electron chi connectivity index (χ4n) is 1.32. The molecule has 1 aliphatic heterocycles. The summed E-state index contributed by atoms with van der Waals surface area (Å²) in [6.07, 6.45) is 0. The largest absolute Gasteiger partial charge is 0.508 e. The number of amides is 1. The number of benzene rings is 1. The number of carbonyl (C=O) groups is 1. The van der Waals surface area contributed by atoms with Gasteiger partial charge in [0.05, 0.1) is 12.3 Å². The van der Waals surface area contributed by atoms with Crippen LogP contribution in [-0.2, 0) is 11.3 Å². The molecule has 1 amide bonds. The molecule has 0 atom stereocenters. The van der Waals surface area contributed by atoms with Crippen LogP contribution in [0.25, 0.3) is 0 Å². The highest BCUT2D eigenvalue weighted by Gasteiger charge is 2.26. The molecule has 1 fully saturated rings. The highest BCUT2D eigenvalue weighted by Crippen LogP contribution is 2.22. The zero-order valence-corrected chi connectivity index (χ0v) is 9.48. The van der Waals surface area contributed by atoms with Crippen molar-refractivity contribution in [3.8, 4) is 5.75 Å². The number of hydrogen-bond acceptors (Lipinski definition) is 4. The first-order valence-corrected chi connectivity index (χ1v) is 5.81. The topological polar surface area (TPSA) is 40.5 Å². The number of thiocarbonyl (C=S) groups is 1. The standard InChI is InChI=1S/C10H9NO2S2/c12-8-3-1-7(2-4-8)5-11-9(13)6-15-10(11)14/h1-4,12H,5-6H2. The summed E-state index contributed by atoms with van der Waals surface area (Å²) in [5.41, 5.74) is 0.964. The van der Waals surface area contributed by atoms with E-state index in [-0.39, 0.29) is 11.7 Å². The van der Waals surface area contributed by atoms with Gasteiger partial charge in [-0.25, -0.2) is 0 Å². The van der Waals surface area contributed by atoms with Crippen LogP contribution in [-0.4, -0.2) is 26.0 Å². The number of phenols is 1. The Balaban J connectivity index is 2.11. The maximum atomic E-state index is 11.4. The maximum absolute atomic E-state index is 11.4. The van der Waals surface area contributed by atoms with E-state index in [1.54, 1.807) is 29.2 Å². The second-order valence-corrected chi connectivity index (χ2v) is 4.81. The first-order valence-electron chi connectivity index (χ1n) is 4.42. The molecule has 1 aliphatic rings. The summed E-state index contributed by atoms with van der Waals surface area (Å²) in [5.74, 6) is 0.721. The van der Waals surface area contributed by atoms with Gasteiger partial charge in [0.25, 0.3) is 0 Å². The molecule has 0 spiro atoms. The average Bonchev–Trinajstić information content (AvgIpc) is 2.53. The minimum atomic E-state index is 0.0538. The zero-order valence-electron chi connectivity index (χ0n) is 7.84. The van der Waals surface area contributed by atoms with E-state index in [0.29, 0.717) is 16.6 Å². The maximum Gasteiger partial charge on any atom is 0.238 e. The van der Waals surface area contributed by atoms with Crippen LogP contribution < -0.4 is 0 Å². The lowest BCUT2D eigenvalue weighted by Crippen LogP contribution is -2.27. The van der Waals surface area contributed by atoms with Crippen LogP contribution in [0.5, 0.6) is 5.75 Å². The molecule has 0 radical (unpaired) electrons. The van der Waals surface area contributed by atoms with Crippen LogP contribution in [0.1, 0.15) is 5.56 Å². The molecule has 15 heavy (non-hydrogen) atoms. The van der Waals surface area contributed by atoms with Crippen molar-refractivity contribution >= 4 is 34.2 Å². The van der Waals surface area contributed by atoms with E-state index in [1.807, 2.05) is 0 Å². The fourth-order valence-corrected chi connectivity index (χ4v) is 2.39. The molecule has 0 aromatic heterocycles. The number of phenolic OH excluding ortho intramolecular Hbond substituents is 1. The summed E-state index contributed by atoms with van der Waals surface area (Å²) in [7, 11) is 0. The molecule has 0 aliphatic carbocycles.